The van der Waals surface area contributed by atoms with E-state index in [1.165, 1.54) is 7.11 Å². The molecule has 0 bridgehead atoms. The number of benzene rings is 4. The van der Waals surface area contributed by atoms with Crippen molar-refractivity contribution in [1.29, 1.82) is 0 Å². The fourth-order valence-corrected chi connectivity index (χ4v) is 5.25. The molecule has 4 aromatic rings. The lowest BCUT2D eigenvalue weighted by molar-refractivity contribution is -0.246. The Bertz CT molecular complexity index is 1370. The maximum absolute atomic E-state index is 12.9. The summed E-state index contributed by atoms with van der Waals surface area (Å²) < 4.78 is 37.5. The van der Waals surface area contributed by atoms with Crippen molar-refractivity contribution in [3.8, 4) is 0 Å². The van der Waals surface area contributed by atoms with Crippen LogP contribution in [0.25, 0.3) is 0 Å². The molecule has 5 rings (SSSR count). The van der Waals surface area contributed by atoms with E-state index in [1.54, 1.807) is 0 Å². The normalized spacial score (nSPS) is 20.6. The minimum atomic E-state index is -0.848. The molecule has 7 heteroatoms. The van der Waals surface area contributed by atoms with E-state index < -0.39 is 36.5 Å². The van der Waals surface area contributed by atoms with Gasteiger partial charge in [0.15, 0.2) is 6.10 Å². The highest BCUT2D eigenvalue weighted by Crippen LogP contribution is 2.31. The highest BCUT2D eigenvalue weighted by atomic mass is 16.6. The minimum Gasteiger partial charge on any atom is -0.467 e. The van der Waals surface area contributed by atoms with Gasteiger partial charge >= 0.3 is 5.97 Å². The molecule has 44 heavy (non-hydrogen) atoms. The molecule has 1 saturated heterocycles. The number of esters is 1. The van der Waals surface area contributed by atoms with E-state index in [9.17, 15) is 4.79 Å². The van der Waals surface area contributed by atoms with Gasteiger partial charge in [-0.25, -0.2) is 4.79 Å². The average Bonchev–Trinajstić information content (AvgIpc) is 3.09. The maximum Gasteiger partial charge on any atom is 0.335 e. The smallest absolute Gasteiger partial charge is 0.335 e. The summed E-state index contributed by atoms with van der Waals surface area (Å²) in [6.45, 7) is 1.66. The molecule has 5 atom stereocenters. The van der Waals surface area contributed by atoms with Crippen molar-refractivity contribution in [1.82, 2.24) is 0 Å². The second kappa shape index (κ2) is 16.9. The molecule has 0 amide bonds. The molecule has 4 aromatic carbocycles. The van der Waals surface area contributed by atoms with Crippen LogP contribution in [0, 0.1) is 0 Å². The van der Waals surface area contributed by atoms with Crippen molar-refractivity contribution >= 4 is 5.97 Å². The van der Waals surface area contributed by atoms with Gasteiger partial charge in [0.05, 0.1) is 46.2 Å². The fraction of sp³-hybridized carbons (Fsp3) is 0.324. The van der Waals surface area contributed by atoms with Crippen molar-refractivity contribution < 1.29 is 33.2 Å². The van der Waals surface area contributed by atoms with Crippen LogP contribution in [0.3, 0.4) is 0 Å². The van der Waals surface area contributed by atoms with Crippen molar-refractivity contribution in [2.24, 2.45) is 0 Å². The first-order valence-corrected chi connectivity index (χ1v) is 15.0. The van der Waals surface area contributed by atoms with E-state index in [0.717, 1.165) is 22.3 Å². The lowest BCUT2D eigenvalue weighted by Gasteiger charge is -2.43. The molecule has 1 aliphatic rings. The Hall–Kier alpha value is -3.85. The third kappa shape index (κ3) is 9.32. The summed E-state index contributed by atoms with van der Waals surface area (Å²) in [5.41, 5.74) is 4.10. The molecular weight excluding hydrogens is 556 g/mol. The molecule has 1 aliphatic heterocycles. The number of carbonyl (C=O) groups excluding carboxylic acids is 1. The summed E-state index contributed by atoms with van der Waals surface area (Å²) in [5.74, 6) is -0.461. The van der Waals surface area contributed by atoms with E-state index in [4.69, 9.17) is 28.4 Å². The zero-order chi connectivity index (χ0) is 30.4. The number of methoxy groups -OCH3 is 1. The third-order valence-corrected chi connectivity index (χ3v) is 7.58. The van der Waals surface area contributed by atoms with Gasteiger partial charge in [0, 0.05) is 6.42 Å². The first kappa shape index (κ1) is 31.6. The topological polar surface area (TPSA) is 72.5 Å². The number of carbonyl (C=O) groups is 1. The highest BCUT2D eigenvalue weighted by Gasteiger charge is 2.47. The average molecular weight is 597 g/mol. The molecule has 0 aromatic heterocycles. The van der Waals surface area contributed by atoms with E-state index in [-0.39, 0.29) is 13.0 Å². The van der Waals surface area contributed by atoms with Gasteiger partial charge < -0.3 is 28.4 Å². The van der Waals surface area contributed by atoms with Gasteiger partial charge in [0.1, 0.15) is 18.3 Å². The van der Waals surface area contributed by atoms with Gasteiger partial charge in [-0.15, -0.1) is 0 Å². The zero-order valence-corrected chi connectivity index (χ0v) is 25.0. The zero-order valence-electron chi connectivity index (χ0n) is 25.0. The van der Waals surface area contributed by atoms with Crippen LogP contribution in [0.1, 0.15) is 28.7 Å². The Morgan fingerprint density at radius 1 is 0.682 bits per heavy atom. The second-order valence-corrected chi connectivity index (χ2v) is 10.8. The first-order chi connectivity index (χ1) is 21.7. The summed E-state index contributed by atoms with van der Waals surface area (Å²) in [6.07, 6.45) is -2.85. The lowest BCUT2D eigenvalue weighted by Crippen LogP contribution is -2.58. The van der Waals surface area contributed by atoms with Gasteiger partial charge in [-0.3, -0.25) is 0 Å². The van der Waals surface area contributed by atoms with Crippen LogP contribution in [0.15, 0.2) is 121 Å². The molecule has 0 aliphatic carbocycles. The molecule has 0 radical (unpaired) electrons. The number of rotatable bonds is 15. The van der Waals surface area contributed by atoms with Crippen molar-refractivity contribution in [3.63, 3.8) is 0 Å². The molecule has 1 unspecified atom stereocenters. The van der Waals surface area contributed by atoms with Crippen molar-refractivity contribution in [2.45, 2.75) is 63.4 Å². The molecule has 0 saturated carbocycles. The van der Waals surface area contributed by atoms with Crippen LogP contribution in [-0.4, -0.2) is 50.2 Å². The number of hydrogen-bond donors (Lipinski definition) is 0. The Morgan fingerprint density at radius 2 is 1.16 bits per heavy atom. The molecule has 1 heterocycles. The second-order valence-electron chi connectivity index (χ2n) is 10.8. The van der Waals surface area contributed by atoms with E-state index in [1.807, 2.05) is 121 Å². The summed E-state index contributed by atoms with van der Waals surface area (Å²) in [7, 11) is 1.37. The van der Waals surface area contributed by atoms with E-state index in [0.29, 0.717) is 26.4 Å². The predicted molar refractivity (Wildman–Crippen MR) is 166 cm³/mol. The van der Waals surface area contributed by atoms with Crippen molar-refractivity contribution in [2.75, 3.05) is 13.7 Å². The highest BCUT2D eigenvalue weighted by molar-refractivity contribution is 5.74. The summed E-state index contributed by atoms with van der Waals surface area (Å²) in [6, 6.07) is 39.8. The van der Waals surface area contributed by atoms with Gasteiger partial charge in [0.25, 0.3) is 0 Å². The molecule has 0 N–H and O–H groups in total. The molecule has 7 nitrogen and oxygen atoms in total. The quantitative estimate of drug-likeness (QED) is 0.149. The van der Waals surface area contributed by atoms with Crippen LogP contribution >= 0.6 is 0 Å². The number of ether oxygens (including phenoxy) is 6. The molecule has 1 fully saturated rings. The maximum atomic E-state index is 12.9. The Kier molecular flexibility index (Phi) is 12.1. The van der Waals surface area contributed by atoms with Crippen LogP contribution in [0.2, 0.25) is 0 Å². The van der Waals surface area contributed by atoms with Crippen LogP contribution in [-0.2, 0) is 59.6 Å². The monoisotopic (exact) mass is 596 g/mol. The Balaban J connectivity index is 1.42. The summed E-state index contributed by atoms with van der Waals surface area (Å²) in [5, 5.41) is 0. The standard InChI is InChI=1S/C37H40O7/c1-39-37(38)33-22-32(41-24-29-16-8-3-9-17-29)35(43-26-31-20-12-5-13-21-31)36(44-33)34(42-25-30-18-10-4-11-19-30)27-40-23-28-14-6-2-7-15-28/h2-21,32-36H,22-27H2,1H3/t32-,33?,34-,35-,36-/m1/s1. The summed E-state index contributed by atoms with van der Waals surface area (Å²) in [4.78, 5) is 12.9. The van der Waals surface area contributed by atoms with Gasteiger partial charge in [-0.2, -0.15) is 0 Å². The van der Waals surface area contributed by atoms with E-state index in [2.05, 4.69) is 0 Å². The van der Waals surface area contributed by atoms with Gasteiger partial charge in [0.2, 0.25) is 0 Å². The Labute approximate surface area is 259 Å². The Morgan fingerprint density at radius 3 is 1.68 bits per heavy atom. The largest absolute Gasteiger partial charge is 0.467 e. The number of hydrogen-bond acceptors (Lipinski definition) is 7. The SMILES string of the molecule is COC(=O)C1C[C@@H](OCc2ccccc2)[C@@H](OCc2ccccc2)[C@@H]([C@@H](COCc2ccccc2)OCc2ccccc2)O1. The van der Waals surface area contributed by atoms with Crippen LogP contribution in [0.5, 0.6) is 0 Å². The van der Waals surface area contributed by atoms with Crippen LogP contribution < -0.4 is 0 Å². The molecule has 0 spiro atoms. The van der Waals surface area contributed by atoms with Crippen LogP contribution in [0.4, 0.5) is 0 Å². The first-order valence-electron chi connectivity index (χ1n) is 15.0. The fourth-order valence-electron chi connectivity index (χ4n) is 5.25. The lowest BCUT2D eigenvalue weighted by atomic mass is 9.93. The molecular formula is C37H40O7. The van der Waals surface area contributed by atoms with E-state index >= 15 is 0 Å². The van der Waals surface area contributed by atoms with Gasteiger partial charge in [-0.05, 0) is 22.3 Å². The predicted octanol–water partition coefficient (Wildman–Crippen LogP) is 6.29. The summed E-state index contributed by atoms with van der Waals surface area (Å²) >= 11 is 0. The minimum absolute atomic E-state index is 0.219. The molecule has 230 valence electrons. The van der Waals surface area contributed by atoms with Gasteiger partial charge in [-0.1, -0.05) is 121 Å². The third-order valence-electron chi connectivity index (χ3n) is 7.58. The van der Waals surface area contributed by atoms with Crippen molar-refractivity contribution in [3.05, 3.63) is 144 Å².